The quantitative estimate of drug-likeness (QED) is 0.511. The number of benzene rings is 2. The first kappa shape index (κ1) is 24.0. The van der Waals surface area contributed by atoms with Gasteiger partial charge in [0, 0.05) is 38.9 Å². The summed E-state index contributed by atoms with van der Waals surface area (Å²) in [5.74, 6) is -0.238. The molecule has 0 aliphatic carbocycles. The molecule has 0 bridgehead atoms. The summed E-state index contributed by atoms with van der Waals surface area (Å²) in [5, 5.41) is 0. The first-order chi connectivity index (χ1) is 16.2. The summed E-state index contributed by atoms with van der Waals surface area (Å²) >= 11 is 0. The van der Waals surface area contributed by atoms with E-state index >= 15 is 0 Å². The first-order valence-electron chi connectivity index (χ1n) is 11.8. The summed E-state index contributed by atoms with van der Waals surface area (Å²) in [4.78, 5) is 20.9. The lowest BCUT2D eigenvalue weighted by atomic mass is 9.95. The van der Waals surface area contributed by atoms with Gasteiger partial charge in [0.25, 0.3) is 0 Å². The Hall–Kier alpha value is -3.19. The summed E-state index contributed by atoms with van der Waals surface area (Å²) < 4.78 is 21.2. The molecule has 4 rings (SSSR count). The molecule has 1 fully saturated rings. The zero-order valence-corrected chi connectivity index (χ0v) is 20.4. The Labute approximate surface area is 201 Å². The van der Waals surface area contributed by atoms with E-state index in [-0.39, 0.29) is 18.0 Å². The highest BCUT2D eigenvalue weighted by atomic mass is 19.1. The van der Waals surface area contributed by atoms with Crippen LogP contribution in [0.2, 0.25) is 0 Å². The predicted octanol–water partition coefficient (Wildman–Crippen LogP) is 5.35. The second-order valence-corrected chi connectivity index (χ2v) is 9.81. The number of ether oxygens (including phenoxy) is 1. The summed E-state index contributed by atoms with van der Waals surface area (Å²) in [6.45, 7) is 11.4. The smallest absolute Gasteiger partial charge is 0.410 e. The van der Waals surface area contributed by atoms with Crippen molar-refractivity contribution < 1.29 is 13.9 Å². The summed E-state index contributed by atoms with van der Waals surface area (Å²) in [7, 11) is 0. The van der Waals surface area contributed by atoms with Gasteiger partial charge in [-0.2, -0.15) is 0 Å². The molecule has 34 heavy (non-hydrogen) atoms. The highest BCUT2D eigenvalue weighted by molar-refractivity contribution is 5.68. The lowest BCUT2D eigenvalue weighted by molar-refractivity contribution is 0.0137. The molecule has 0 spiro atoms. The number of nitrogens with zero attached hydrogens (tertiary/aromatic N) is 4. The van der Waals surface area contributed by atoms with Crippen LogP contribution < -0.4 is 0 Å². The van der Waals surface area contributed by atoms with Crippen molar-refractivity contribution in [2.75, 3.05) is 26.2 Å². The molecule has 3 aromatic rings. The fourth-order valence-corrected chi connectivity index (χ4v) is 4.35. The molecule has 1 aliphatic rings. The second kappa shape index (κ2) is 9.97. The maximum absolute atomic E-state index is 13.5. The Morgan fingerprint density at radius 3 is 2.41 bits per heavy atom. The van der Waals surface area contributed by atoms with E-state index in [0.29, 0.717) is 13.1 Å². The van der Waals surface area contributed by atoms with E-state index in [2.05, 4.69) is 33.5 Å². The van der Waals surface area contributed by atoms with E-state index in [1.54, 1.807) is 4.90 Å². The maximum Gasteiger partial charge on any atom is 0.410 e. The SMILES string of the molecule is CC(c1ccccc1-c1ccc(F)cc1)n1cncc1CN1CCN(C(=O)OC(C)(C)C)CC1. The van der Waals surface area contributed by atoms with Crippen molar-refractivity contribution in [2.45, 2.75) is 45.9 Å². The molecule has 7 heteroatoms. The molecule has 1 aromatic heterocycles. The summed E-state index contributed by atoms with van der Waals surface area (Å²) in [6.07, 6.45) is 3.54. The van der Waals surface area contributed by atoms with Crippen LogP contribution in [0.15, 0.2) is 61.1 Å². The third kappa shape index (κ3) is 5.65. The van der Waals surface area contributed by atoms with Gasteiger partial charge in [-0.1, -0.05) is 36.4 Å². The average Bonchev–Trinajstić information content (AvgIpc) is 3.26. The highest BCUT2D eigenvalue weighted by Gasteiger charge is 2.26. The minimum Gasteiger partial charge on any atom is -0.444 e. The fraction of sp³-hybridized carbons (Fsp3) is 0.407. The first-order valence-corrected chi connectivity index (χ1v) is 11.8. The Balaban J connectivity index is 1.45. The lowest BCUT2D eigenvalue weighted by Crippen LogP contribution is -2.49. The Morgan fingerprint density at radius 1 is 1.06 bits per heavy atom. The molecule has 1 unspecified atom stereocenters. The minimum atomic E-state index is -0.485. The number of carbonyl (C=O) groups is 1. The van der Waals surface area contributed by atoms with Crippen LogP contribution in [0.4, 0.5) is 9.18 Å². The zero-order chi connectivity index (χ0) is 24.3. The van der Waals surface area contributed by atoms with Gasteiger partial charge < -0.3 is 14.2 Å². The molecular formula is C27H33FN4O2. The van der Waals surface area contributed by atoms with Gasteiger partial charge in [-0.3, -0.25) is 4.90 Å². The molecule has 0 saturated carbocycles. The Kier molecular flexibility index (Phi) is 7.03. The third-order valence-corrected chi connectivity index (χ3v) is 6.14. The Bertz CT molecular complexity index is 1110. The van der Waals surface area contributed by atoms with Crippen LogP contribution in [0.3, 0.4) is 0 Å². The third-order valence-electron chi connectivity index (χ3n) is 6.14. The second-order valence-electron chi connectivity index (χ2n) is 9.81. The molecule has 180 valence electrons. The summed E-state index contributed by atoms with van der Waals surface area (Å²) in [6, 6.07) is 14.9. The molecule has 2 heterocycles. The zero-order valence-electron chi connectivity index (χ0n) is 20.4. The number of hydrogen-bond donors (Lipinski definition) is 0. The Morgan fingerprint density at radius 2 is 1.74 bits per heavy atom. The van der Waals surface area contributed by atoms with Crippen LogP contribution in [0.1, 0.15) is 45.0 Å². The van der Waals surface area contributed by atoms with Crippen LogP contribution in [0, 0.1) is 5.82 Å². The number of aromatic nitrogens is 2. The van der Waals surface area contributed by atoms with Crippen molar-refractivity contribution >= 4 is 6.09 Å². The molecule has 2 aromatic carbocycles. The van der Waals surface area contributed by atoms with Crippen LogP contribution >= 0.6 is 0 Å². The van der Waals surface area contributed by atoms with Gasteiger partial charge >= 0.3 is 6.09 Å². The standard InChI is InChI=1S/C27H33FN4O2/c1-20(24-7-5-6-8-25(24)21-9-11-22(28)12-10-21)32-19-29-17-23(32)18-30-13-15-31(16-14-30)26(33)34-27(2,3)4/h5-12,17,19-20H,13-16,18H2,1-4H3. The average molecular weight is 465 g/mol. The number of imidazole rings is 1. The molecule has 6 nitrogen and oxygen atoms in total. The van der Waals surface area contributed by atoms with Crippen LogP contribution in [-0.2, 0) is 11.3 Å². The number of piperazine rings is 1. The van der Waals surface area contributed by atoms with Crippen molar-refractivity contribution in [2.24, 2.45) is 0 Å². The van der Waals surface area contributed by atoms with Crippen LogP contribution in [-0.4, -0.2) is 57.2 Å². The summed E-state index contributed by atoms with van der Waals surface area (Å²) in [5.41, 5.74) is 3.86. The van der Waals surface area contributed by atoms with E-state index in [1.165, 1.54) is 12.1 Å². The minimum absolute atomic E-state index is 0.0572. The van der Waals surface area contributed by atoms with Gasteiger partial charge in [-0.15, -0.1) is 0 Å². The van der Waals surface area contributed by atoms with E-state index < -0.39 is 5.60 Å². The number of carbonyl (C=O) groups excluding carboxylic acids is 1. The van der Waals surface area contributed by atoms with Gasteiger partial charge in [-0.25, -0.2) is 14.2 Å². The van der Waals surface area contributed by atoms with Crippen molar-refractivity contribution in [1.29, 1.82) is 0 Å². The van der Waals surface area contributed by atoms with E-state index in [4.69, 9.17) is 4.74 Å². The topological polar surface area (TPSA) is 50.6 Å². The van der Waals surface area contributed by atoms with Gasteiger partial charge in [0.1, 0.15) is 11.4 Å². The highest BCUT2D eigenvalue weighted by Crippen LogP contribution is 2.31. The normalized spacial score (nSPS) is 15.9. The molecule has 1 atom stereocenters. The molecule has 0 radical (unpaired) electrons. The van der Waals surface area contributed by atoms with Crippen molar-refractivity contribution in [1.82, 2.24) is 19.4 Å². The van der Waals surface area contributed by atoms with E-state index in [0.717, 1.165) is 42.0 Å². The number of hydrogen-bond acceptors (Lipinski definition) is 4. The monoisotopic (exact) mass is 464 g/mol. The van der Waals surface area contributed by atoms with Gasteiger partial charge in [0.15, 0.2) is 0 Å². The van der Waals surface area contributed by atoms with Gasteiger partial charge in [0.2, 0.25) is 0 Å². The lowest BCUT2D eigenvalue weighted by Gasteiger charge is -2.35. The van der Waals surface area contributed by atoms with Gasteiger partial charge in [0.05, 0.1) is 18.1 Å². The number of rotatable bonds is 5. The molecule has 1 saturated heterocycles. The largest absolute Gasteiger partial charge is 0.444 e. The molecule has 1 aliphatic heterocycles. The van der Waals surface area contributed by atoms with Crippen molar-refractivity contribution in [3.63, 3.8) is 0 Å². The van der Waals surface area contributed by atoms with Crippen molar-refractivity contribution in [3.05, 3.63) is 78.1 Å². The fourth-order valence-electron chi connectivity index (χ4n) is 4.35. The van der Waals surface area contributed by atoms with Gasteiger partial charge in [-0.05, 0) is 56.5 Å². The van der Waals surface area contributed by atoms with Crippen LogP contribution in [0.25, 0.3) is 11.1 Å². The number of halogens is 1. The van der Waals surface area contributed by atoms with Crippen molar-refractivity contribution in [3.8, 4) is 11.1 Å². The maximum atomic E-state index is 13.5. The predicted molar refractivity (Wildman–Crippen MR) is 131 cm³/mol. The number of amides is 1. The van der Waals surface area contributed by atoms with E-state index in [9.17, 15) is 9.18 Å². The van der Waals surface area contributed by atoms with E-state index in [1.807, 2.05) is 57.6 Å². The molecule has 0 N–H and O–H groups in total. The van der Waals surface area contributed by atoms with Crippen LogP contribution in [0.5, 0.6) is 0 Å². The molecule has 1 amide bonds. The molecular weight excluding hydrogens is 431 g/mol.